The molecule has 13 nitrogen and oxygen atoms in total. The van der Waals surface area contributed by atoms with E-state index in [1.165, 1.54) is 5.56 Å². The third kappa shape index (κ3) is 12.5. The topological polar surface area (TPSA) is 179 Å². The summed E-state index contributed by atoms with van der Waals surface area (Å²) in [6.45, 7) is 5.85. The van der Waals surface area contributed by atoms with Crippen LogP contribution < -0.4 is 0 Å². The Kier molecular flexibility index (Phi) is 14.7. The molecule has 0 unspecified atom stereocenters. The SMILES string of the molecule is Cc1nc(CN2CCC[C@]3(CN(Cc4cccnc4)C[C@H]3c3ccnn3C)C2=O)cs1.O=C(O)C(F)(F)F.O=C(O)C(F)(F)F.O=C(O)C(F)(F)F. The number of likely N-dealkylation sites (tertiary alicyclic amines) is 2. The van der Waals surface area contributed by atoms with Gasteiger partial charge in [-0.15, -0.1) is 11.3 Å². The molecule has 2 saturated heterocycles. The molecular weight excluding hydrogens is 747 g/mol. The van der Waals surface area contributed by atoms with Gasteiger partial charge in [0.1, 0.15) is 0 Å². The molecule has 2 atom stereocenters. The fourth-order valence-corrected chi connectivity index (χ4v) is 5.99. The highest BCUT2D eigenvalue weighted by molar-refractivity contribution is 7.09. The number of aromatic nitrogens is 4. The second kappa shape index (κ2) is 17.6. The van der Waals surface area contributed by atoms with Crippen molar-refractivity contribution in [2.24, 2.45) is 12.5 Å². The smallest absolute Gasteiger partial charge is 0.475 e. The Morgan fingerprint density at radius 3 is 1.90 bits per heavy atom. The minimum absolute atomic E-state index is 0.129. The number of piperidine rings is 1. The number of hydrogen-bond acceptors (Lipinski definition) is 9. The van der Waals surface area contributed by atoms with E-state index in [1.807, 2.05) is 42.0 Å². The van der Waals surface area contributed by atoms with Crippen molar-refractivity contribution in [2.45, 2.75) is 57.3 Å². The van der Waals surface area contributed by atoms with E-state index in [4.69, 9.17) is 29.7 Å². The van der Waals surface area contributed by atoms with Crippen LogP contribution in [0, 0.1) is 12.3 Å². The predicted molar refractivity (Wildman–Crippen MR) is 160 cm³/mol. The maximum atomic E-state index is 14.0. The zero-order chi connectivity index (χ0) is 39.7. The number of aryl methyl sites for hydroxylation is 2. The van der Waals surface area contributed by atoms with E-state index in [-0.39, 0.29) is 11.8 Å². The van der Waals surface area contributed by atoms with E-state index in [0.29, 0.717) is 6.54 Å². The van der Waals surface area contributed by atoms with E-state index in [9.17, 15) is 44.3 Å². The number of alkyl halides is 9. The first-order chi connectivity index (χ1) is 23.9. The van der Waals surface area contributed by atoms with Crippen LogP contribution >= 0.6 is 11.3 Å². The molecule has 5 rings (SSSR count). The first-order valence-corrected chi connectivity index (χ1v) is 15.5. The van der Waals surface area contributed by atoms with Crippen LogP contribution in [0.15, 0.2) is 42.2 Å². The van der Waals surface area contributed by atoms with Crippen LogP contribution in [-0.4, -0.2) is 107 Å². The number of pyridine rings is 1. The third-order valence-electron chi connectivity index (χ3n) is 7.47. The number of carbonyl (C=O) groups excluding carboxylic acids is 1. The third-order valence-corrected chi connectivity index (χ3v) is 8.29. The molecule has 0 aliphatic carbocycles. The molecule has 2 fully saturated rings. The highest BCUT2D eigenvalue weighted by Gasteiger charge is 2.56. The summed E-state index contributed by atoms with van der Waals surface area (Å²) >= 11 is 1.65. The lowest BCUT2D eigenvalue weighted by atomic mass is 9.70. The summed E-state index contributed by atoms with van der Waals surface area (Å²) in [5.74, 6) is -7.87. The van der Waals surface area contributed by atoms with E-state index in [1.54, 1.807) is 17.5 Å². The molecule has 0 saturated carbocycles. The van der Waals surface area contributed by atoms with Gasteiger partial charge in [-0.3, -0.25) is 19.4 Å². The average Bonchev–Trinajstić information content (AvgIpc) is 3.74. The van der Waals surface area contributed by atoms with Gasteiger partial charge >= 0.3 is 36.4 Å². The van der Waals surface area contributed by atoms with Crippen LogP contribution in [0.5, 0.6) is 0 Å². The van der Waals surface area contributed by atoms with Crippen LogP contribution in [0.25, 0.3) is 0 Å². The lowest BCUT2D eigenvalue weighted by molar-refractivity contribution is -0.193. The van der Waals surface area contributed by atoms with Crippen molar-refractivity contribution in [3.63, 3.8) is 0 Å². The Morgan fingerprint density at radius 1 is 0.923 bits per heavy atom. The Hall–Kier alpha value is -4.80. The number of carboxylic acid groups (broad SMARTS) is 3. The molecule has 0 radical (unpaired) electrons. The Bertz CT molecular complexity index is 1610. The normalized spacial score (nSPS) is 19.1. The number of amides is 1. The zero-order valence-corrected chi connectivity index (χ0v) is 27.9. The molecule has 5 heterocycles. The minimum Gasteiger partial charge on any atom is -0.475 e. The zero-order valence-electron chi connectivity index (χ0n) is 27.0. The van der Waals surface area contributed by atoms with Gasteiger partial charge in [-0.05, 0) is 37.5 Å². The summed E-state index contributed by atoms with van der Waals surface area (Å²) in [4.78, 5) is 54.0. The van der Waals surface area contributed by atoms with Gasteiger partial charge < -0.3 is 20.2 Å². The maximum Gasteiger partial charge on any atom is 0.490 e. The van der Waals surface area contributed by atoms with Crippen LogP contribution in [0.2, 0.25) is 0 Å². The fourth-order valence-electron chi connectivity index (χ4n) is 5.39. The van der Waals surface area contributed by atoms with Gasteiger partial charge in [0.15, 0.2) is 0 Å². The molecular formula is C29H31F9N6O7S. The summed E-state index contributed by atoms with van der Waals surface area (Å²) in [5, 5.41) is 28.9. The molecule has 52 heavy (non-hydrogen) atoms. The van der Waals surface area contributed by atoms with Crippen molar-refractivity contribution in [3.8, 4) is 0 Å². The van der Waals surface area contributed by atoms with Crippen molar-refractivity contribution in [3.05, 3.63) is 64.1 Å². The average molecular weight is 779 g/mol. The number of halogens is 9. The van der Waals surface area contributed by atoms with Crippen LogP contribution in [0.1, 0.15) is 40.7 Å². The van der Waals surface area contributed by atoms with Crippen molar-refractivity contribution in [2.75, 3.05) is 19.6 Å². The monoisotopic (exact) mass is 778 g/mol. The molecule has 2 aliphatic rings. The van der Waals surface area contributed by atoms with Gasteiger partial charge in [0.05, 0.1) is 22.7 Å². The van der Waals surface area contributed by atoms with Gasteiger partial charge in [-0.2, -0.15) is 44.6 Å². The van der Waals surface area contributed by atoms with Crippen LogP contribution in [0.4, 0.5) is 39.5 Å². The number of rotatable bonds is 5. The maximum absolute atomic E-state index is 14.0. The van der Waals surface area contributed by atoms with Crippen LogP contribution in [0.3, 0.4) is 0 Å². The molecule has 3 aromatic rings. The quantitative estimate of drug-likeness (QED) is 0.301. The van der Waals surface area contributed by atoms with E-state index in [2.05, 4.69) is 37.5 Å². The summed E-state index contributed by atoms with van der Waals surface area (Å²) in [5.41, 5.74) is 2.91. The first kappa shape index (κ1) is 43.4. The fraction of sp³-hybridized carbons (Fsp3) is 0.483. The second-order valence-corrected chi connectivity index (χ2v) is 12.3. The first-order valence-electron chi connectivity index (χ1n) is 14.6. The lowest BCUT2D eigenvalue weighted by Gasteiger charge is -2.42. The van der Waals surface area contributed by atoms with Gasteiger partial charge in [-0.1, -0.05) is 6.07 Å². The summed E-state index contributed by atoms with van der Waals surface area (Å²) in [6, 6.07) is 6.16. The largest absolute Gasteiger partial charge is 0.490 e. The number of nitrogens with zero attached hydrogens (tertiary/aromatic N) is 6. The Balaban J connectivity index is 0.000000365. The molecule has 3 N–H and O–H groups in total. The van der Waals surface area contributed by atoms with E-state index < -0.39 is 41.9 Å². The van der Waals surface area contributed by atoms with Gasteiger partial charge in [0.25, 0.3) is 0 Å². The highest BCUT2D eigenvalue weighted by Crippen LogP contribution is 2.49. The molecule has 1 spiro atoms. The second-order valence-electron chi connectivity index (χ2n) is 11.2. The number of aliphatic carboxylic acids is 3. The molecule has 2 aliphatic heterocycles. The van der Waals surface area contributed by atoms with Gasteiger partial charge in [0.2, 0.25) is 5.91 Å². The molecule has 1 amide bonds. The summed E-state index contributed by atoms with van der Waals surface area (Å²) < 4.78 is 97.1. The minimum atomic E-state index is -5.08. The standard InChI is InChI=1S/C23H28N6OS.3C2HF3O2/c1-17-26-19(15-31-17)13-29-10-4-7-23(22(29)30)16-28(12-18-5-3-8-24-11-18)14-20(23)21-6-9-25-27(21)2;3*3-2(4,5)1(6)7/h3,5-6,8-9,11,15,20H,4,7,10,12-14,16H2,1-2H3;3*(H,6,7)/t20-,23+;;;/m0.../s1. The molecule has 3 aromatic heterocycles. The molecule has 23 heteroatoms. The summed E-state index contributed by atoms with van der Waals surface area (Å²) in [7, 11) is 1.98. The number of carboxylic acids is 3. The van der Waals surface area contributed by atoms with Gasteiger partial charge in [0, 0.05) is 68.8 Å². The predicted octanol–water partition coefficient (Wildman–Crippen LogP) is 4.89. The van der Waals surface area contributed by atoms with Crippen molar-refractivity contribution in [1.82, 2.24) is 29.5 Å². The van der Waals surface area contributed by atoms with E-state index in [0.717, 1.165) is 55.4 Å². The van der Waals surface area contributed by atoms with Crippen molar-refractivity contribution >= 4 is 35.2 Å². The molecule has 0 aromatic carbocycles. The summed E-state index contributed by atoms with van der Waals surface area (Å²) in [6.07, 6.45) is -7.75. The molecule has 288 valence electrons. The number of thiazole rings is 1. The van der Waals surface area contributed by atoms with Crippen LogP contribution in [-0.2, 0) is 39.3 Å². The Labute approximate surface area is 292 Å². The lowest BCUT2D eigenvalue weighted by Crippen LogP contribution is -2.52. The van der Waals surface area contributed by atoms with Crippen molar-refractivity contribution < 1.29 is 74.0 Å². The Morgan fingerprint density at radius 2 is 1.48 bits per heavy atom. The highest BCUT2D eigenvalue weighted by atomic mass is 32.1. The van der Waals surface area contributed by atoms with Crippen molar-refractivity contribution in [1.29, 1.82) is 0 Å². The number of hydrogen-bond donors (Lipinski definition) is 3. The molecule has 0 bridgehead atoms. The van der Waals surface area contributed by atoms with Gasteiger partial charge in [-0.25, -0.2) is 19.4 Å². The van der Waals surface area contributed by atoms with E-state index >= 15 is 0 Å². The number of carbonyl (C=O) groups is 4.